The van der Waals surface area contributed by atoms with Crippen LogP contribution in [0.5, 0.6) is 0 Å². The number of hydrogen-bond donors (Lipinski definition) is 4. The van der Waals surface area contributed by atoms with Gasteiger partial charge >= 0.3 is 0 Å². The molecule has 0 saturated heterocycles. The number of nitrogens with two attached hydrogens (primary N) is 1. The van der Waals surface area contributed by atoms with Crippen molar-refractivity contribution in [1.29, 1.82) is 5.41 Å². The molecule has 0 aliphatic rings. The normalized spacial score (nSPS) is 11.0. The van der Waals surface area contributed by atoms with Crippen molar-refractivity contribution in [3.63, 3.8) is 0 Å². The fraction of sp³-hybridized carbons (Fsp3) is 0.227. The highest BCUT2D eigenvalue weighted by Gasteiger charge is 2.16. The summed E-state index contributed by atoms with van der Waals surface area (Å²) in [5, 5.41) is 11.6. The molecule has 7 nitrogen and oxygen atoms in total. The Hall–Kier alpha value is -2.95. The molecule has 0 spiro atoms. The van der Waals surface area contributed by atoms with Crippen LogP contribution in [0, 0.1) is 17.0 Å². The molecule has 0 aliphatic carbocycles. The molecule has 0 amide bonds. The van der Waals surface area contributed by atoms with Crippen LogP contribution >= 0.6 is 23.5 Å². The van der Waals surface area contributed by atoms with Crippen molar-refractivity contribution in [2.24, 2.45) is 0 Å². The van der Waals surface area contributed by atoms with Crippen molar-refractivity contribution in [3.05, 3.63) is 58.6 Å². The van der Waals surface area contributed by atoms with Crippen LogP contribution in [0.25, 0.3) is 11.4 Å². The molecule has 1 heterocycles. The molecule has 1 aromatic heterocycles. The van der Waals surface area contributed by atoms with Crippen LogP contribution in [0.15, 0.2) is 41.3 Å². The molecule has 0 fully saturated rings. The maximum Gasteiger partial charge on any atom is 0.163 e. The third kappa shape index (κ3) is 6.31. The summed E-state index contributed by atoms with van der Waals surface area (Å²) in [5.74, 6) is -0.257. The minimum absolute atomic E-state index is 0.134. The first-order valence-corrected chi connectivity index (χ1v) is 11.1. The Balaban J connectivity index is 1.85. The molecule has 33 heavy (non-hydrogen) atoms. The quantitative estimate of drug-likeness (QED) is 0.243. The lowest BCUT2D eigenvalue weighted by molar-refractivity contribution is 0.425. The van der Waals surface area contributed by atoms with Crippen molar-refractivity contribution < 1.29 is 8.78 Å². The van der Waals surface area contributed by atoms with Gasteiger partial charge in [-0.1, -0.05) is 11.6 Å². The molecule has 0 bridgehead atoms. The minimum atomic E-state index is -0.570. The second-order valence-electron chi connectivity index (χ2n) is 7.48. The van der Waals surface area contributed by atoms with Crippen LogP contribution in [-0.2, 0) is 0 Å². The lowest BCUT2D eigenvalue weighted by Gasteiger charge is -2.16. The Morgan fingerprint density at radius 1 is 1.15 bits per heavy atom. The maximum absolute atomic E-state index is 14.8. The SMILES string of the molecule is CC(=N)c1c(N)nc(-c2ccc(NSc3cc(Cl)ccc3F)c(F)c2)nc1NCCN(C)C. The lowest BCUT2D eigenvalue weighted by Crippen LogP contribution is -2.22. The molecule has 0 unspecified atom stereocenters. The van der Waals surface area contributed by atoms with E-state index in [4.69, 9.17) is 22.7 Å². The van der Waals surface area contributed by atoms with Crippen molar-refractivity contribution in [1.82, 2.24) is 14.9 Å². The van der Waals surface area contributed by atoms with Crippen LogP contribution in [0.2, 0.25) is 5.02 Å². The number of anilines is 3. The summed E-state index contributed by atoms with van der Waals surface area (Å²) in [4.78, 5) is 11.0. The zero-order valence-electron chi connectivity index (χ0n) is 18.3. The van der Waals surface area contributed by atoms with Gasteiger partial charge in [-0.25, -0.2) is 18.7 Å². The van der Waals surface area contributed by atoms with Crippen molar-refractivity contribution in [2.45, 2.75) is 11.8 Å². The first kappa shape index (κ1) is 24.7. The molecular formula is C22H24ClF2N7S. The van der Waals surface area contributed by atoms with Crippen LogP contribution in [-0.4, -0.2) is 47.8 Å². The van der Waals surface area contributed by atoms with Gasteiger partial charge in [0.15, 0.2) is 5.82 Å². The van der Waals surface area contributed by atoms with Gasteiger partial charge < -0.3 is 26.1 Å². The van der Waals surface area contributed by atoms with E-state index in [2.05, 4.69) is 20.0 Å². The minimum Gasteiger partial charge on any atom is -0.383 e. The molecule has 3 aromatic rings. The van der Waals surface area contributed by atoms with E-state index < -0.39 is 11.6 Å². The van der Waals surface area contributed by atoms with E-state index in [1.54, 1.807) is 13.0 Å². The van der Waals surface area contributed by atoms with Crippen molar-refractivity contribution in [3.8, 4) is 11.4 Å². The average molecular weight is 492 g/mol. The zero-order valence-corrected chi connectivity index (χ0v) is 19.9. The van der Waals surface area contributed by atoms with Gasteiger partial charge in [-0.3, -0.25) is 0 Å². The molecule has 11 heteroatoms. The van der Waals surface area contributed by atoms with Gasteiger partial charge in [-0.05, 0) is 69.4 Å². The van der Waals surface area contributed by atoms with Gasteiger partial charge in [0, 0.05) is 29.4 Å². The second-order valence-corrected chi connectivity index (χ2v) is 8.77. The van der Waals surface area contributed by atoms with Gasteiger partial charge in [0.25, 0.3) is 0 Å². The van der Waals surface area contributed by atoms with E-state index in [0.717, 1.165) is 18.5 Å². The van der Waals surface area contributed by atoms with Crippen LogP contribution < -0.4 is 15.8 Å². The maximum atomic E-state index is 14.8. The topological polar surface area (TPSA) is 103 Å². The second kappa shape index (κ2) is 10.8. The Morgan fingerprint density at radius 3 is 2.58 bits per heavy atom. The Labute approximate surface area is 200 Å². The largest absolute Gasteiger partial charge is 0.383 e. The molecule has 0 saturated carbocycles. The Kier molecular flexibility index (Phi) is 8.06. The molecule has 174 valence electrons. The predicted molar refractivity (Wildman–Crippen MR) is 132 cm³/mol. The summed E-state index contributed by atoms with van der Waals surface area (Å²) in [6.45, 7) is 2.93. The van der Waals surface area contributed by atoms with Gasteiger partial charge in [0.2, 0.25) is 0 Å². The molecule has 3 rings (SSSR count). The molecule has 2 aromatic carbocycles. The number of nitrogen functional groups attached to an aromatic ring is 1. The number of nitrogens with zero attached hydrogens (tertiary/aromatic N) is 3. The van der Waals surface area contributed by atoms with Gasteiger partial charge in [0.05, 0.1) is 16.1 Å². The fourth-order valence-corrected chi connectivity index (χ4v) is 3.88. The summed E-state index contributed by atoms with van der Waals surface area (Å²) in [6, 6.07) is 8.56. The first-order valence-electron chi connectivity index (χ1n) is 9.95. The number of halogens is 3. The molecular weight excluding hydrogens is 468 g/mol. The van der Waals surface area contributed by atoms with Crippen LogP contribution in [0.4, 0.5) is 26.1 Å². The van der Waals surface area contributed by atoms with E-state index >= 15 is 0 Å². The van der Waals surface area contributed by atoms with Crippen molar-refractivity contribution in [2.75, 3.05) is 43.0 Å². The van der Waals surface area contributed by atoms with E-state index in [-0.39, 0.29) is 27.9 Å². The van der Waals surface area contributed by atoms with Crippen molar-refractivity contribution >= 4 is 46.6 Å². The number of nitrogens with one attached hydrogen (secondary N) is 3. The molecule has 0 atom stereocenters. The fourth-order valence-electron chi connectivity index (χ4n) is 2.91. The van der Waals surface area contributed by atoms with Crippen LogP contribution in [0.3, 0.4) is 0 Å². The number of hydrogen-bond acceptors (Lipinski definition) is 8. The van der Waals surface area contributed by atoms with Gasteiger partial charge in [-0.15, -0.1) is 0 Å². The van der Waals surface area contributed by atoms with E-state index in [9.17, 15) is 8.78 Å². The molecule has 0 aliphatic heterocycles. The highest BCUT2D eigenvalue weighted by Crippen LogP contribution is 2.30. The number of rotatable bonds is 9. The standard InChI is InChI=1S/C22H24ClF2N7S/c1-12(26)19-20(27)29-21(30-22(19)28-8-9-32(2)3)13-4-7-17(16(25)10-13)31-33-18-11-14(23)5-6-15(18)24/h4-7,10-11,26,31H,8-9H2,1-3H3,(H3,27,28,29,30). The average Bonchev–Trinajstić information content (AvgIpc) is 2.74. The lowest BCUT2D eigenvalue weighted by atomic mass is 10.1. The van der Waals surface area contributed by atoms with Gasteiger partial charge in [0.1, 0.15) is 23.3 Å². The Bertz CT molecular complexity index is 1170. The first-order chi connectivity index (χ1) is 15.7. The smallest absolute Gasteiger partial charge is 0.163 e. The monoisotopic (exact) mass is 491 g/mol. The summed E-state index contributed by atoms with van der Waals surface area (Å²) >= 11 is 6.81. The van der Waals surface area contributed by atoms with E-state index in [0.29, 0.717) is 28.5 Å². The predicted octanol–water partition coefficient (Wildman–Crippen LogP) is 5.14. The summed E-state index contributed by atoms with van der Waals surface area (Å²) in [7, 11) is 3.89. The third-order valence-corrected chi connectivity index (χ3v) is 5.64. The summed E-state index contributed by atoms with van der Waals surface area (Å²) in [5.41, 5.74) is 7.31. The molecule has 5 N–H and O–H groups in total. The number of benzene rings is 2. The van der Waals surface area contributed by atoms with E-state index in [1.165, 1.54) is 30.3 Å². The molecule has 0 radical (unpaired) electrons. The summed E-state index contributed by atoms with van der Waals surface area (Å²) < 4.78 is 31.5. The van der Waals surface area contributed by atoms with Crippen LogP contribution in [0.1, 0.15) is 12.5 Å². The highest BCUT2D eigenvalue weighted by molar-refractivity contribution is 8.00. The van der Waals surface area contributed by atoms with Gasteiger partial charge in [-0.2, -0.15) is 0 Å². The number of likely N-dealkylation sites (N-methyl/N-ethyl adjacent to an activating group) is 1. The van der Waals surface area contributed by atoms with E-state index in [1.807, 2.05) is 19.0 Å². The number of aromatic nitrogens is 2. The zero-order chi connectivity index (χ0) is 24.1. The highest BCUT2D eigenvalue weighted by atomic mass is 35.5. The Morgan fingerprint density at radius 2 is 1.91 bits per heavy atom. The third-order valence-electron chi connectivity index (χ3n) is 4.55. The summed E-state index contributed by atoms with van der Waals surface area (Å²) in [6.07, 6.45) is 0.